The highest BCUT2D eigenvalue weighted by Gasteiger charge is 2.19. The van der Waals surface area contributed by atoms with Crippen LogP contribution in [-0.2, 0) is 4.79 Å². The number of hydrogen-bond acceptors (Lipinski definition) is 3. The molecule has 1 amide bonds. The molecule has 0 atom stereocenters. The zero-order valence-electron chi connectivity index (χ0n) is 15.9. The van der Waals surface area contributed by atoms with Crippen LogP contribution in [0.1, 0.15) is 65.5 Å². The Kier molecular flexibility index (Phi) is 5.77. The molecule has 0 aliphatic heterocycles. The molecule has 0 unspecified atom stereocenters. The number of aryl methyl sites for hydroxylation is 3. The van der Waals surface area contributed by atoms with Gasteiger partial charge in [-0.3, -0.25) is 9.59 Å². The normalized spacial score (nSPS) is 11.0. The Morgan fingerprint density at radius 3 is 2.32 bits per heavy atom. The van der Waals surface area contributed by atoms with Crippen molar-refractivity contribution in [2.24, 2.45) is 0 Å². The lowest BCUT2D eigenvalue weighted by atomic mass is 10.0. The number of anilines is 1. The van der Waals surface area contributed by atoms with Crippen LogP contribution >= 0.6 is 0 Å². The van der Waals surface area contributed by atoms with Crippen molar-refractivity contribution in [2.75, 3.05) is 5.32 Å². The fourth-order valence-electron chi connectivity index (χ4n) is 3.10. The van der Waals surface area contributed by atoms with Crippen molar-refractivity contribution in [3.63, 3.8) is 0 Å². The van der Waals surface area contributed by atoms with E-state index < -0.39 is 0 Å². The Labute approximate surface area is 149 Å². The van der Waals surface area contributed by atoms with Crippen molar-refractivity contribution in [3.8, 4) is 0 Å². The summed E-state index contributed by atoms with van der Waals surface area (Å²) in [5, 5.41) is 7.20. The maximum atomic E-state index is 12.4. The molecule has 1 aromatic carbocycles. The lowest BCUT2D eigenvalue weighted by molar-refractivity contribution is -0.116. The summed E-state index contributed by atoms with van der Waals surface area (Å²) in [6.45, 7) is 12.0. The number of aromatic nitrogens is 2. The van der Waals surface area contributed by atoms with E-state index in [1.165, 1.54) is 10.2 Å². The second kappa shape index (κ2) is 7.64. The monoisotopic (exact) mass is 341 g/mol. The van der Waals surface area contributed by atoms with Crippen LogP contribution in [0.5, 0.6) is 0 Å². The standard InChI is InChI=1S/C20H27N3O2/c1-12(2)20-15(5)22-23(16(20)6)19(25)10-9-18(24)21-17-8-7-13(3)14(4)11-17/h7-8,11-12H,9-10H2,1-6H3,(H,21,24). The third-order valence-electron chi connectivity index (χ3n) is 4.52. The maximum Gasteiger partial charge on any atom is 0.247 e. The van der Waals surface area contributed by atoms with Crippen LogP contribution in [0.25, 0.3) is 0 Å². The van der Waals surface area contributed by atoms with E-state index in [0.717, 1.165) is 28.2 Å². The SMILES string of the molecule is Cc1ccc(NC(=O)CCC(=O)n2nc(C)c(C(C)C)c2C)cc1C. The van der Waals surface area contributed by atoms with Gasteiger partial charge in [0.2, 0.25) is 11.8 Å². The largest absolute Gasteiger partial charge is 0.326 e. The molecule has 0 radical (unpaired) electrons. The summed E-state index contributed by atoms with van der Waals surface area (Å²) in [7, 11) is 0. The number of benzene rings is 1. The molecule has 5 heteroatoms. The van der Waals surface area contributed by atoms with Crippen LogP contribution in [0.4, 0.5) is 5.69 Å². The lowest BCUT2D eigenvalue weighted by Gasteiger charge is -2.08. The van der Waals surface area contributed by atoms with Crippen LogP contribution < -0.4 is 5.32 Å². The van der Waals surface area contributed by atoms with Gasteiger partial charge in [-0.1, -0.05) is 19.9 Å². The van der Waals surface area contributed by atoms with Gasteiger partial charge in [0.05, 0.1) is 5.69 Å². The zero-order valence-corrected chi connectivity index (χ0v) is 15.9. The minimum atomic E-state index is -0.165. The first-order valence-electron chi connectivity index (χ1n) is 8.67. The van der Waals surface area contributed by atoms with Gasteiger partial charge in [-0.25, -0.2) is 4.68 Å². The average molecular weight is 341 g/mol. The van der Waals surface area contributed by atoms with Crippen molar-refractivity contribution in [1.29, 1.82) is 0 Å². The summed E-state index contributed by atoms with van der Waals surface area (Å²) in [6.07, 6.45) is 0.275. The fraction of sp³-hybridized carbons (Fsp3) is 0.450. The van der Waals surface area contributed by atoms with Crippen LogP contribution in [0.3, 0.4) is 0 Å². The highest BCUT2D eigenvalue weighted by Crippen LogP contribution is 2.23. The number of hydrogen-bond donors (Lipinski definition) is 1. The Morgan fingerprint density at radius 2 is 1.76 bits per heavy atom. The van der Waals surface area contributed by atoms with Gasteiger partial charge in [0, 0.05) is 24.2 Å². The maximum absolute atomic E-state index is 12.4. The van der Waals surface area contributed by atoms with Crippen molar-refractivity contribution in [3.05, 3.63) is 46.3 Å². The molecule has 0 bridgehead atoms. The Morgan fingerprint density at radius 1 is 1.08 bits per heavy atom. The number of nitrogens with one attached hydrogen (secondary N) is 1. The van der Waals surface area contributed by atoms with Crippen molar-refractivity contribution in [2.45, 2.75) is 60.3 Å². The molecule has 0 aliphatic rings. The van der Waals surface area contributed by atoms with Gasteiger partial charge in [0.25, 0.3) is 0 Å². The van der Waals surface area contributed by atoms with Crippen LogP contribution in [-0.4, -0.2) is 21.6 Å². The summed E-state index contributed by atoms with van der Waals surface area (Å²) in [6, 6.07) is 5.78. The van der Waals surface area contributed by atoms with E-state index in [1.54, 1.807) is 0 Å². The molecule has 1 N–H and O–H groups in total. The summed E-state index contributed by atoms with van der Waals surface area (Å²) in [5.41, 5.74) is 5.91. The van der Waals surface area contributed by atoms with E-state index in [-0.39, 0.29) is 24.7 Å². The first-order chi connectivity index (χ1) is 11.7. The van der Waals surface area contributed by atoms with Crippen molar-refractivity contribution < 1.29 is 9.59 Å². The van der Waals surface area contributed by atoms with Gasteiger partial charge >= 0.3 is 0 Å². The number of nitrogens with zero attached hydrogens (tertiary/aromatic N) is 2. The summed E-state index contributed by atoms with van der Waals surface area (Å²) in [5.74, 6) is -0.000389. The molecule has 2 aromatic rings. The third-order valence-corrected chi connectivity index (χ3v) is 4.52. The van der Waals surface area contributed by atoms with Crippen LogP contribution in [0.2, 0.25) is 0 Å². The first kappa shape index (κ1) is 18.9. The molecular formula is C20H27N3O2. The smallest absolute Gasteiger partial charge is 0.247 e. The average Bonchev–Trinajstić information content (AvgIpc) is 2.83. The van der Waals surface area contributed by atoms with E-state index in [4.69, 9.17) is 0 Å². The van der Waals surface area contributed by atoms with Crippen LogP contribution in [0.15, 0.2) is 18.2 Å². The van der Waals surface area contributed by atoms with E-state index >= 15 is 0 Å². The van der Waals surface area contributed by atoms with Gasteiger partial charge in [-0.05, 0) is 62.4 Å². The molecular weight excluding hydrogens is 314 g/mol. The van der Waals surface area contributed by atoms with E-state index in [1.807, 2.05) is 45.9 Å². The molecule has 0 aliphatic carbocycles. The molecule has 25 heavy (non-hydrogen) atoms. The second-order valence-corrected chi connectivity index (χ2v) is 6.89. The van der Waals surface area contributed by atoms with Crippen molar-refractivity contribution >= 4 is 17.5 Å². The van der Waals surface area contributed by atoms with Gasteiger partial charge in [0.1, 0.15) is 0 Å². The topological polar surface area (TPSA) is 64.0 Å². The van der Waals surface area contributed by atoms with Crippen LogP contribution in [0, 0.1) is 27.7 Å². The molecule has 0 fully saturated rings. The lowest BCUT2D eigenvalue weighted by Crippen LogP contribution is -2.18. The highest BCUT2D eigenvalue weighted by atomic mass is 16.2. The summed E-state index contributed by atoms with van der Waals surface area (Å²) < 4.78 is 1.44. The molecule has 0 spiro atoms. The predicted molar refractivity (Wildman–Crippen MR) is 100 cm³/mol. The minimum absolute atomic E-state index is 0.135. The fourth-order valence-corrected chi connectivity index (χ4v) is 3.10. The van der Waals surface area contributed by atoms with Gasteiger partial charge in [-0.15, -0.1) is 0 Å². The third kappa shape index (κ3) is 4.35. The Balaban J connectivity index is 1.99. The second-order valence-electron chi connectivity index (χ2n) is 6.89. The Hall–Kier alpha value is -2.43. The first-order valence-corrected chi connectivity index (χ1v) is 8.67. The summed E-state index contributed by atoms with van der Waals surface area (Å²) in [4.78, 5) is 24.5. The van der Waals surface area contributed by atoms with E-state index in [2.05, 4.69) is 24.3 Å². The minimum Gasteiger partial charge on any atom is -0.326 e. The number of amides is 1. The number of carbonyl (C=O) groups is 2. The predicted octanol–water partition coefficient (Wildman–Crippen LogP) is 4.30. The van der Waals surface area contributed by atoms with Gasteiger partial charge in [0.15, 0.2) is 0 Å². The van der Waals surface area contributed by atoms with E-state index in [9.17, 15) is 9.59 Å². The van der Waals surface area contributed by atoms with E-state index in [0.29, 0.717) is 5.92 Å². The molecule has 0 saturated carbocycles. The molecule has 2 rings (SSSR count). The molecule has 134 valence electrons. The number of carbonyl (C=O) groups excluding carboxylic acids is 2. The summed E-state index contributed by atoms with van der Waals surface area (Å²) >= 11 is 0. The van der Waals surface area contributed by atoms with Gasteiger partial charge in [-0.2, -0.15) is 5.10 Å². The molecule has 1 aromatic heterocycles. The quantitative estimate of drug-likeness (QED) is 0.882. The Bertz CT molecular complexity index is 804. The van der Waals surface area contributed by atoms with Crippen molar-refractivity contribution in [1.82, 2.24) is 9.78 Å². The number of rotatable bonds is 5. The highest BCUT2D eigenvalue weighted by molar-refractivity contribution is 5.93. The molecule has 5 nitrogen and oxygen atoms in total. The van der Waals surface area contributed by atoms with Gasteiger partial charge < -0.3 is 5.32 Å². The molecule has 1 heterocycles. The zero-order chi connectivity index (χ0) is 18.7. The molecule has 0 saturated heterocycles.